The minimum absolute atomic E-state index is 0.389. The van der Waals surface area contributed by atoms with E-state index in [1.165, 1.54) is 11.8 Å². The molecule has 130 valence electrons. The van der Waals surface area contributed by atoms with E-state index in [-0.39, 0.29) is 0 Å². The lowest BCUT2D eigenvalue weighted by Crippen LogP contribution is -2.09. The zero-order valence-electron chi connectivity index (χ0n) is 14.7. The second kappa shape index (κ2) is 8.26. The predicted molar refractivity (Wildman–Crippen MR) is 105 cm³/mol. The fourth-order valence-corrected chi connectivity index (χ4v) is 2.82. The number of hydrogen-bond acceptors (Lipinski definition) is 3. The van der Waals surface area contributed by atoms with Crippen molar-refractivity contribution in [1.29, 1.82) is 5.41 Å². The Bertz CT molecular complexity index is 899. The van der Waals surface area contributed by atoms with Gasteiger partial charge in [-0.15, -0.1) is 0 Å². The SMILES string of the molecule is CCCc1ccc(-c2ccc(OC(=O)c3ccccc3)c(C=N)c2)cc1. The minimum atomic E-state index is -0.426. The summed E-state index contributed by atoms with van der Waals surface area (Å²) in [6.07, 6.45) is 3.40. The Kier molecular flexibility index (Phi) is 5.59. The van der Waals surface area contributed by atoms with Gasteiger partial charge in [0.1, 0.15) is 5.75 Å². The van der Waals surface area contributed by atoms with Gasteiger partial charge in [0, 0.05) is 11.8 Å². The van der Waals surface area contributed by atoms with Gasteiger partial charge < -0.3 is 10.1 Å². The summed E-state index contributed by atoms with van der Waals surface area (Å²) in [4.78, 5) is 12.2. The van der Waals surface area contributed by atoms with Gasteiger partial charge in [0.05, 0.1) is 5.56 Å². The number of ether oxygens (including phenoxy) is 1. The maximum absolute atomic E-state index is 12.2. The Hall–Kier alpha value is -3.20. The smallest absolute Gasteiger partial charge is 0.343 e. The summed E-state index contributed by atoms with van der Waals surface area (Å²) >= 11 is 0. The van der Waals surface area contributed by atoms with Gasteiger partial charge in [-0.05, 0) is 47.4 Å². The Balaban J connectivity index is 1.83. The number of benzene rings is 3. The molecule has 0 saturated heterocycles. The summed E-state index contributed by atoms with van der Waals surface area (Å²) in [5, 5.41) is 7.67. The molecule has 0 bridgehead atoms. The largest absolute Gasteiger partial charge is 0.422 e. The number of carbonyl (C=O) groups excluding carboxylic acids is 1. The molecule has 0 fully saturated rings. The van der Waals surface area contributed by atoms with Gasteiger partial charge in [-0.1, -0.05) is 61.9 Å². The second-order valence-corrected chi connectivity index (χ2v) is 6.10. The standard InChI is InChI=1S/C23H21NO2/c1-2-6-17-9-11-18(12-10-17)20-13-14-22(21(15-20)16-24)26-23(25)19-7-4-3-5-8-19/h3-5,7-16,24H,2,6H2,1H3. The molecule has 0 spiro atoms. The van der Waals surface area contributed by atoms with Crippen molar-refractivity contribution >= 4 is 12.2 Å². The first-order valence-electron chi connectivity index (χ1n) is 8.72. The highest BCUT2D eigenvalue weighted by Gasteiger charge is 2.11. The summed E-state index contributed by atoms with van der Waals surface area (Å²) in [5.41, 5.74) is 4.44. The number of esters is 1. The van der Waals surface area contributed by atoms with Gasteiger partial charge in [0.25, 0.3) is 0 Å². The van der Waals surface area contributed by atoms with Gasteiger partial charge in [-0.3, -0.25) is 0 Å². The molecule has 26 heavy (non-hydrogen) atoms. The van der Waals surface area contributed by atoms with E-state index in [1.807, 2.05) is 18.2 Å². The molecule has 0 aromatic heterocycles. The first-order chi connectivity index (χ1) is 12.7. The van der Waals surface area contributed by atoms with E-state index in [1.54, 1.807) is 30.3 Å². The van der Waals surface area contributed by atoms with E-state index >= 15 is 0 Å². The van der Waals surface area contributed by atoms with Gasteiger partial charge in [0.15, 0.2) is 0 Å². The lowest BCUT2D eigenvalue weighted by Gasteiger charge is -2.10. The number of nitrogens with one attached hydrogen (secondary N) is 1. The van der Waals surface area contributed by atoms with Crippen molar-refractivity contribution in [2.24, 2.45) is 0 Å². The van der Waals surface area contributed by atoms with Crippen molar-refractivity contribution in [3.05, 3.63) is 89.5 Å². The van der Waals surface area contributed by atoms with Crippen LogP contribution >= 0.6 is 0 Å². The maximum Gasteiger partial charge on any atom is 0.343 e. The molecule has 0 radical (unpaired) electrons. The third-order valence-corrected chi connectivity index (χ3v) is 4.20. The van der Waals surface area contributed by atoms with Crippen molar-refractivity contribution in [1.82, 2.24) is 0 Å². The molecule has 0 aliphatic carbocycles. The highest BCUT2D eigenvalue weighted by molar-refractivity contribution is 5.93. The molecular weight excluding hydrogens is 322 g/mol. The average molecular weight is 343 g/mol. The van der Waals surface area contributed by atoms with Crippen LogP contribution in [0.4, 0.5) is 0 Å². The fraction of sp³-hybridized carbons (Fsp3) is 0.130. The molecule has 0 aliphatic rings. The van der Waals surface area contributed by atoms with Crippen molar-refractivity contribution in [2.75, 3.05) is 0 Å². The lowest BCUT2D eigenvalue weighted by molar-refractivity contribution is 0.0734. The van der Waals surface area contributed by atoms with Gasteiger partial charge in [0.2, 0.25) is 0 Å². The first-order valence-corrected chi connectivity index (χ1v) is 8.72. The summed E-state index contributed by atoms with van der Waals surface area (Å²) in [6, 6.07) is 22.8. The summed E-state index contributed by atoms with van der Waals surface area (Å²) in [7, 11) is 0. The van der Waals surface area contributed by atoms with Crippen LogP contribution in [0.3, 0.4) is 0 Å². The van der Waals surface area contributed by atoms with E-state index in [0.29, 0.717) is 16.9 Å². The molecule has 0 atom stereocenters. The zero-order chi connectivity index (χ0) is 18.4. The van der Waals surface area contributed by atoms with Crippen molar-refractivity contribution in [3.63, 3.8) is 0 Å². The molecule has 0 heterocycles. The van der Waals surface area contributed by atoms with Crippen molar-refractivity contribution in [3.8, 4) is 16.9 Å². The monoisotopic (exact) mass is 343 g/mol. The summed E-state index contributed by atoms with van der Waals surface area (Å²) in [6.45, 7) is 2.17. The van der Waals surface area contributed by atoms with Crippen LogP contribution in [0.2, 0.25) is 0 Å². The van der Waals surface area contributed by atoms with E-state index in [9.17, 15) is 4.79 Å². The third-order valence-electron chi connectivity index (χ3n) is 4.20. The van der Waals surface area contributed by atoms with Crippen LogP contribution in [0, 0.1) is 5.41 Å². The normalized spacial score (nSPS) is 10.3. The molecule has 0 unspecified atom stereocenters. The van der Waals surface area contributed by atoms with Crippen LogP contribution < -0.4 is 4.74 Å². The molecular formula is C23H21NO2. The van der Waals surface area contributed by atoms with Gasteiger partial charge in [-0.25, -0.2) is 4.79 Å². The maximum atomic E-state index is 12.2. The van der Waals surface area contributed by atoms with Crippen LogP contribution in [0.5, 0.6) is 5.75 Å². The number of aryl methyl sites for hydroxylation is 1. The highest BCUT2D eigenvalue weighted by atomic mass is 16.5. The summed E-state index contributed by atoms with van der Waals surface area (Å²) < 4.78 is 5.47. The van der Waals surface area contributed by atoms with Crippen molar-refractivity contribution in [2.45, 2.75) is 19.8 Å². The van der Waals surface area contributed by atoms with Crippen LogP contribution in [-0.2, 0) is 6.42 Å². The Morgan fingerprint density at radius 3 is 2.31 bits per heavy atom. The molecule has 3 aromatic rings. The van der Waals surface area contributed by atoms with E-state index in [0.717, 1.165) is 24.0 Å². The molecule has 3 heteroatoms. The van der Waals surface area contributed by atoms with Gasteiger partial charge in [-0.2, -0.15) is 0 Å². The van der Waals surface area contributed by atoms with E-state index < -0.39 is 5.97 Å². The molecule has 3 rings (SSSR count). The van der Waals surface area contributed by atoms with Crippen LogP contribution in [0.15, 0.2) is 72.8 Å². The van der Waals surface area contributed by atoms with Crippen LogP contribution in [-0.4, -0.2) is 12.2 Å². The van der Waals surface area contributed by atoms with Gasteiger partial charge >= 0.3 is 5.97 Å². The molecule has 3 nitrogen and oxygen atoms in total. The fourth-order valence-electron chi connectivity index (χ4n) is 2.82. The predicted octanol–water partition coefficient (Wildman–Crippen LogP) is 5.52. The topological polar surface area (TPSA) is 50.2 Å². The quantitative estimate of drug-likeness (QED) is 0.364. The number of hydrogen-bond donors (Lipinski definition) is 1. The Morgan fingerprint density at radius 1 is 0.962 bits per heavy atom. The second-order valence-electron chi connectivity index (χ2n) is 6.10. The minimum Gasteiger partial charge on any atom is -0.422 e. The Labute approximate surface area is 153 Å². The zero-order valence-corrected chi connectivity index (χ0v) is 14.7. The Morgan fingerprint density at radius 2 is 1.65 bits per heavy atom. The van der Waals surface area contributed by atoms with Crippen molar-refractivity contribution < 1.29 is 9.53 Å². The molecule has 1 N–H and O–H groups in total. The third kappa shape index (κ3) is 4.06. The number of rotatable bonds is 6. The average Bonchev–Trinajstić information content (AvgIpc) is 2.70. The van der Waals surface area contributed by atoms with E-state index in [4.69, 9.17) is 10.1 Å². The molecule has 3 aromatic carbocycles. The van der Waals surface area contributed by atoms with Crippen LogP contribution in [0.1, 0.15) is 34.8 Å². The lowest BCUT2D eigenvalue weighted by atomic mass is 10.0. The first kappa shape index (κ1) is 17.6. The molecule has 0 saturated carbocycles. The summed E-state index contributed by atoms with van der Waals surface area (Å²) in [5.74, 6) is -0.0365. The van der Waals surface area contributed by atoms with E-state index in [2.05, 4.69) is 31.2 Å². The highest BCUT2D eigenvalue weighted by Crippen LogP contribution is 2.27. The molecule has 0 aliphatic heterocycles. The number of carbonyl (C=O) groups is 1. The van der Waals surface area contributed by atoms with Crippen LogP contribution in [0.25, 0.3) is 11.1 Å². The molecule has 0 amide bonds.